The predicted octanol–water partition coefficient (Wildman–Crippen LogP) is 4.24. The molecule has 3 rings (SSSR count). The van der Waals surface area contributed by atoms with Crippen LogP contribution in [0.4, 0.5) is 5.69 Å². The molecule has 154 valence electrons. The number of ether oxygens (including phenoxy) is 1. The number of carbonyl (C=O) groups is 3. The third kappa shape index (κ3) is 4.49. The summed E-state index contributed by atoms with van der Waals surface area (Å²) in [4.78, 5) is 37.6. The second kappa shape index (κ2) is 8.78. The van der Waals surface area contributed by atoms with E-state index in [1.165, 1.54) is 0 Å². The van der Waals surface area contributed by atoms with Crippen LogP contribution in [0.25, 0.3) is 0 Å². The molecule has 0 bridgehead atoms. The molecule has 0 fully saturated rings. The second-order valence-electron chi connectivity index (χ2n) is 7.21. The average molecular weight is 404 g/mol. The van der Waals surface area contributed by atoms with Gasteiger partial charge in [-0.1, -0.05) is 29.8 Å². The van der Waals surface area contributed by atoms with Crippen LogP contribution < -0.4 is 5.32 Å². The molecule has 0 atom stereocenters. The number of aryl methyl sites for hydroxylation is 2. The number of amides is 1. The number of anilines is 1. The number of nitrogens with one attached hydrogen (secondary N) is 1. The minimum absolute atomic E-state index is 0.187. The average Bonchev–Trinajstić information content (AvgIpc) is 2.99. The summed E-state index contributed by atoms with van der Waals surface area (Å²) in [5.74, 6) is -1.27. The van der Waals surface area contributed by atoms with Crippen molar-refractivity contribution in [3.63, 3.8) is 0 Å². The fourth-order valence-electron chi connectivity index (χ4n) is 3.18. The molecular weight excluding hydrogens is 380 g/mol. The van der Waals surface area contributed by atoms with Gasteiger partial charge in [0, 0.05) is 29.6 Å². The van der Waals surface area contributed by atoms with E-state index in [2.05, 4.69) is 5.32 Å². The molecule has 6 nitrogen and oxygen atoms in total. The molecule has 0 saturated heterocycles. The van der Waals surface area contributed by atoms with E-state index >= 15 is 0 Å². The maximum atomic E-state index is 12.6. The molecule has 6 heteroatoms. The fourth-order valence-corrected chi connectivity index (χ4v) is 3.18. The van der Waals surface area contributed by atoms with Crippen LogP contribution in [0.1, 0.15) is 48.0 Å². The molecule has 30 heavy (non-hydrogen) atoms. The molecular formula is C24H24N2O4. The van der Waals surface area contributed by atoms with Crippen LogP contribution in [-0.2, 0) is 11.8 Å². The predicted molar refractivity (Wildman–Crippen MR) is 115 cm³/mol. The zero-order valence-electron chi connectivity index (χ0n) is 17.5. The van der Waals surface area contributed by atoms with Gasteiger partial charge in [-0.15, -0.1) is 0 Å². The highest BCUT2D eigenvalue weighted by Gasteiger charge is 2.19. The first-order chi connectivity index (χ1) is 14.3. The lowest BCUT2D eigenvalue weighted by molar-refractivity contribution is 0.0475. The van der Waals surface area contributed by atoms with Crippen LogP contribution in [0.5, 0.6) is 0 Å². The number of hydrogen-bond donors (Lipinski definition) is 1. The Hall–Kier alpha value is -3.67. The van der Waals surface area contributed by atoms with Crippen molar-refractivity contribution >= 4 is 23.3 Å². The number of aromatic nitrogens is 1. The number of Topliss-reactive ketones (excluding diaryl/α,β-unsaturated/α-hetero) is 1. The molecule has 0 unspecified atom stereocenters. The van der Waals surface area contributed by atoms with Gasteiger partial charge >= 0.3 is 5.97 Å². The van der Waals surface area contributed by atoms with Crippen molar-refractivity contribution in [2.75, 3.05) is 11.9 Å². The molecule has 2 aromatic carbocycles. The quantitative estimate of drug-likeness (QED) is 0.492. The molecule has 0 radical (unpaired) electrons. The topological polar surface area (TPSA) is 77.4 Å². The summed E-state index contributed by atoms with van der Waals surface area (Å²) in [5.41, 5.74) is 4.26. The monoisotopic (exact) mass is 404 g/mol. The Balaban J connectivity index is 1.71. The van der Waals surface area contributed by atoms with Crippen LogP contribution in [0, 0.1) is 20.8 Å². The minimum atomic E-state index is -0.672. The zero-order chi connectivity index (χ0) is 21.8. The highest BCUT2D eigenvalue weighted by Crippen LogP contribution is 2.19. The lowest BCUT2D eigenvalue weighted by atomic mass is 10.1. The van der Waals surface area contributed by atoms with E-state index in [9.17, 15) is 14.4 Å². The first-order valence-corrected chi connectivity index (χ1v) is 9.58. The first kappa shape index (κ1) is 21.0. The molecule has 0 aliphatic heterocycles. The molecule has 1 N–H and O–H groups in total. The van der Waals surface area contributed by atoms with Gasteiger partial charge < -0.3 is 14.6 Å². The Bertz CT molecular complexity index is 1130. The Kier molecular flexibility index (Phi) is 6.16. The van der Waals surface area contributed by atoms with Crippen LogP contribution >= 0.6 is 0 Å². The van der Waals surface area contributed by atoms with Gasteiger partial charge in [0.2, 0.25) is 5.78 Å². The number of rotatable bonds is 6. The third-order valence-corrected chi connectivity index (χ3v) is 5.09. The summed E-state index contributed by atoms with van der Waals surface area (Å²) in [6.45, 7) is 5.28. The largest absolute Gasteiger partial charge is 0.454 e. The summed E-state index contributed by atoms with van der Waals surface area (Å²) in [7, 11) is 1.88. The number of nitrogens with zero attached hydrogens (tertiary/aromatic N) is 1. The highest BCUT2D eigenvalue weighted by molar-refractivity contribution is 6.08. The molecule has 1 aromatic heterocycles. The Morgan fingerprint density at radius 2 is 1.67 bits per heavy atom. The van der Waals surface area contributed by atoms with E-state index in [1.54, 1.807) is 48.5 Å². The molecule has 0 spiro atoms. The van der Waals surface area contributed by atoms with Gasteiger partial charge in [0.15, 0.2) is 6.61 Å². The molecule has 0 aliphatic rings. The third-order valence-electron chi connectivity index (χ3n) is 5.09. The van der Waals surface area contributed by atoms with E-state index in [1.807, 2.05) is 38.5 Å². The zero-order valence-corrected chi connectivity index (χ0v) is 17.5. The Morgan fingerprint density at radius 1 is 0.933 bits per heavy atom. The van der Waals surface area contributed by atoms with Crippen molar-refractivity contribution in [3.8, 4) is 0 Å². The summed E-state index contributed by atoms with van der Waals surface area (Å²) in [5, 5.41) is 2.75. The van der Waals surface area contributed by atoms with Crippen molar-refractivity contribution in [1.29, 1.82) is 0 Å². The van der Waals surface area contributed by atoms with Crippen LogP contribution in [0.15, 0.2) is 54.6 Å². The van der Waals surface area contributed by atoms with Crippen molar-refractivity contribution < 1.29 is 19.1 Å². The number of ketones is 1. The van der Waals surface area contributed by atoms with Crippen molar-refractivity contribution in [2.45, 2.75) is 20.8 Å². The van der Waals surface area contributed by atoms with Gasteiger partial charge in [-0.05, 0) is 51.1 Å². The SMILES string of the molecule is Cc1cccc(C(=O)Nc2ccccc2C(=O)OCC(=O)c2cc(C)n(C)c2C)c1. The Morgan fingerprint density at radius 3 is 2.33 bits per heavy atom. The van der Waals surface area contributed by atoms with Gasteiger partial charge in [0.1, 0.15) is 0 Å². The number of carbonyl (C=O) groups excluding carboxylic acids is 3. The molecule has 0 saturated carbocycles. The summed E-state index contributed by atoms with van der Waals surface area (Å²) < 4.78 is 7.15. The summed E-state index contributed by atoms with van der Waals surface area (Å²) in [6, 6.07) is 15.5. The van der Waals surface area contributed by atoms with Crippen LogP contribution in [0.3, 0.4) is 0 Å². The molecule has 3 aromatic rings. The fraction of sp³-hybridized carbons (Fsp3) is 0.208. The van der Waals surface area contributed by atoms with E-state index in [0.717, 1.165) is 17.0 Å². The van der Waals surface area contributed by atoms with E-state index < -0.39 is 5.97 Å². The standard InChI is InChI=1S/C24H24N2O4/c1-15-8-7-9-18(12-15)23(28)25-21-11-6-5-10-19(21)24(29)30-14-22(27)20-13-16(2)26(4)17(20)3/h5-13H,14H2,1-4H3,(H,25,28). The summed E-state index contributed by atoms with van der Waals surface area (Å²) >= 11 is 0. The number of benzene rings is 2. The smallest absolute Gasteiger partial charge is 0.340 e. The lowest BCUT2D eigenvalue weighted by Gasteiger charge is -2.11. The maximum absolute atomic E-state index is 12.6. The molecule has 1 amide bonds. The molecule has 0 aliphatic carbocycles. The first-order valence-electron chi connectivity index (χ1n) is 9.58. The number of hydrogen-bond acceptors (Lipinski definition) is 4. The van der Waals surface area contributed by atoms with Crippen molar-refractivity contribution in [2.24, 2.45) is 7.05 Å². The van der Waals surface area contributed by atoms with E-state index in [0.29, 0.717) is 16.8 Å². The lowest BCUT2D eigenvalue weighted by Crippen LogP contribution is -2.18. The summed E-state index contributed by atoms with van der Waals surface area (Å²) in [6.07, 6.45) is 0. The Labute approximate surface area is 175 Å². The van der Waals surface area contributed by atoms with Crippen LogP contribution in [0.2, 0.25) is 0 Å². The van der Waals surface area contributed by atoms with Crippen LogP contribution in [-0.4, -0.2) is 28.8 Å². The van der Waals surface area contributed by atoms with E-state index in [-0.39, 0.29) is 23.9 Å². The number of para-hydroxylation sites is 1. The highest BCUT2D eigenvalue weighted by atomic mass is 16.5. The maximum Gasteiger partial charge on any atom is 0.340 e. The van der Waals surface area contributed by atoms with Gasteiger partial charge in [-0.25, -0.2) is 4.79 Å². The normalized spacial score (nSPS) is 10.5. The van der Waals surface area contributed by atoms with Gasteiger partial charge in [-0.3, -0.25) is 9.59 Å². The van der Waals surface area contributed by atoms with Crippen molar-refractivity contribution in [1.82, 2.24) is 4.57 Å². The van der Waals surface area contributed by atoms with Gasteiger partial charge in [0.05, 0.1) is 11.3 Å². The minimum Gasteiger partial charge on any atom is -0.454 e. The number of esters is 1. The van der Waals surface area contributed by atoms with E-state index in [4.69, 9.17) is 4.74 Å². The van der Waals surface area contributed by atoms with Gasteiger partial charge in [-0.2, -0.15) is 0 Å². The van der Waals surface area contributed by atoms with Crippen molar-refractivity contribution in [3.05, 3.63) is 88.2 Å². The second-order valence-corrected chi connectivity index (χ2v) is 7.21. The molecule has 1 heterocycles. The van der Waals surface area contributed by atoms with Gasteiger partial charge in [0.25, 0.3) is 5.91 Å².